The number of ether oxygens (including phenoxy) is 1. The molecule has 0 bridgehead atoms. The number of nitrogens with one attached hydrogen (secondary N) is 1. The summed E-state index contributed by atoms with van der Waals surface area (Å²) in [6.07, 6.45) is 0. The van der Waals surface area contributed by atoms with E-state index in [1.807, 2.05) is 0 Å². The quantitative estimate of drug-likeness (QED) is 0.505. The van der Waals surface area contributed by atoms with Crippen molar-refractivity contribution in [1.29, 1.82) is 10.5 Å². The molecule has 0 spiro atoms. The van der Waals surface area contributed by atoms with Gasteiger partial charge in [-0.2, -0.15) is 15.6 Å². The van der Waals surface area contributed by atoms with Gasteiger partial charge in [0.25, 0.3) is 0 Å². The van der Waals surface area contributed by atoms with Crippen molar-refractivity contribution in [1.82, 2.24) is 0 Å². The lowest BCUT2D eigenvalue weighted by molar-refractivity contribution is 0.0521. The van der Waals surface area contributed by atoms with E-state index in [9.17, 15) is 9.18 Å². The highest BCUT2D eigenvalue weighted by Gasteiger charge is 2.13. The Morgan fingerprint density at radius 1 is 1.47 bits per heavy atom. The van der Waals surface area contributed by atoms with Crippen LogP contribution in [0.2, 0.25) is 0 Å². The predicted octanol–water partition coefficient (Wildman–Crippen LogP) is 1.82. The number of anilines is 1. The number of nitriles is 2. The van der Waals surface area contributed by atoms with Crippen molar-refractivity contribution >= 4 is 17.4 Å². The molecule has 1 rings (SSSR count). The summed E-state index contributed by atoms with van der Waals surface area (Å²) in [5.41, 5.74) is 2.00. The Kier molecular flexibility index (Phi) is 5.00. The molecule has 96 valence electrons. The average molecular weight is 260 g/mol. The zero-order valence-electron chi connectivity index (χ0n) is 9.98. The van der Waals surface area contributed by atoms with Gasteiger partial charge >= 0.3 is 5.97 Å². The summed E-state index contributed by atoms with van der Waals surface area (Å²) in [4.78, 5) is 11.4. The first-order chi connectivity index (χ1) is 9.12. The van der Waals surface area contributed by atoms with Crippen LogP contribution in [0.1, 0.15) is 17.3 Å². The molecule has 0 saturated heterocycles. The maximum Gasteiger partial charge on any atom is 0.341 e. The van der Waals surface area contributed by atoms with E-state index in [1.165, 1.54) is 12.1 Å². The molecule has 0 heterocycles. The lowest BCUT2D eigenvalue weighted by Gasteiger charge is -2.05. The van der Waals surface area contributed by atoms with Gasteiger partial charge < -0.3 is 4.74 Å². The van der Waals surface area contributed by atoms with Crippen molar-refractivity contribution in [3.8, 4) is 12.1 Å². The van der Waals surface area contributed by atoms with Gasteiger partial charge in [-0.25, -0.2) is 9.18 Å². The number of nitrogens with zero attached hydrogens (tertiary/aromatic N) is 3. The molecule has 19 heavy (non-hydrogen) atoms. The van der Waals surface area contributed by atoms with Crippen molar-refractivity contribution in [2.45, 2.75) is 6.92 Å². The minimum Gasteiger partial charge on any atom is -0.462 e. The SMILES string of the molecule is CCOC(=O)c1cc(NN=C(C#N)C#N)ccc1F. The zero-order valence-corrected chi connectivity index (χ0v) is 9.98. The van der Waals surface area contributed by atoms with Crippen LogP contribution in [0.5, 0.6) is 0 Å². The Bertz CT molecular complexity index is 583. The number of halogens is 1. The number of hydrogen-bond acceptors (Lipinski definition) is 6. The first kappa shape index (κ1) is 14.1. The monoisotopic (exact) mass is 260 g/mol. The molecule has 0 amide bonds. The highest BCUT2D eigenvalue weighted by Crippen LogP contribution is 2.16. The molecule has 0 fully saturated rings. The molecule has 7 heteroatoms. The molecule has 0 aliphatic rings. The van der Waals surface area contributed by atoms with E-state index in [0.29, 0.717) is 0 Å². The number of esters is 1. The van der Waals surface area contributed by atoms with Crippen LogP contribution in [-0.2, 0) is 4.74 Å². The minimum absolute atomic E-state index is 0.126. The highest BCUT2D eigenvalue weighted by molar-refractivity contribution is 6.10. The van der Waals surface area contributed by atoms with Gasteiger partial charge in [-0.15, -0.1) is 0 Å². The standard InChI is InChI=1S/C12H9FN4O2/c1-2-19-12(18)10-5-8(3-4-11(10)13)16-17-9(6-14)7-15/h3-5,16H,2H2,1H3. The fourth-order valence-corrected chi connectivity index (χ4v) is 1.16. The summed E-state index contributed by atoms with van der Waals surface area (Å²) in [7, 11) is 0. The van der Waals surface area contributed by atoms with Crippen LogP contribution in [0.3, 0.4) is 0 Å². The van der Waals surface area contributed by atoms with Crippen LogP contribution < -0.4 is 5.43 Å². The van der Waals surface area contributed by atoms with Gasteiger partial charge in [-0.1, -0.05) is 0 Å². The summed E-state index contributed by atoms with van der Waals surface area (Å²) in [6, 6.07) is 6.66. The molecule has 0 aliphatic heterocycles. The summed E-state index contributed by atoms with van der Waals surface area (Å²) >= 11 is 0. The molecule has 1 aromatic rings. The molecule has 1 N–H and O–H groups in total. The van der Waals surface area contributed by atoms with Crippen molar-refractivity contribution in [3.63, 3.8) is 0 Å². The van der Waals surface area contributed by atoms with E-state index in [1.54, 1.807) is 19.1 Å². The molecule has 0 radical (unpaired) electrons. The number of hydrazone groups is 1. The van der Waals surface area contributed by atoms with Crippen LogP contribution in [0, 0.1) is 28.5 Å². The van der Waals surface area contributed by atoms with Gasteiger partial charge in [0.15, 0.2) is 0 Å². The van der Waals surface area contributed by atoms with E-state index >= 15 is 0 Å². The Morgan fingerprint density at radius 2 is 2.16 bits per heavy atom. The van der Waals surface area contributed by atoms with Gasteiger partial charge in [0, 0.05) is 0 Å². The van der Waals surface area contributed by atoms with Crippen LogP contribution in [0.4, 0.5) is 10.1 Å². The number of hydrogen-bond donors (Lipinski definition) is 1. The van der Waals surface area contributed by atoms with Gasteiger partial charge in [-0.05, 0) is 25.1 Å². The van der Waals surface area contributed by atoms with E-state index in [-0.39, 0.29) is 23.6 Å². The van der Waals surface area contributed by atoms with Crippen LogP contribution in [0.15, 0.2) is 23.3 Å². The molecule has 6 nitrogen and oxygen atoms in total. The normalized spacial score (nSPS) is 8.84. The lowest BCUT2D eigenvalue weighted by atomic mass is 10.2. The fraction of sp³-hybridized carbons (Fsp3) is 0.167. The second kappa shape index (κ2) is 6.72. The molecule has 0 aliphatic carbocycles. The fourth-order valence-electron chi connectivity index (χ4n) is 1.16. The number of benzene rings is 1. The van der Waals surface area contributed by atoms with Gasteiger partial charge in [0.2, 0.25) is 5.71 Å². The maximum absolute atomic E-state index is 13.4. The summed E-state index contributed by atoms with van der Waals surface area (Å²) in [5, 5.41) is 20.4. The molecular weight excluding hydrogens is 251 g/mol. The average Bonchev–Trinajstić information content (AvgIpc) is 2.41. The Labute approximate surface area is 108 Å². The molecular formula is C12H9FN4O2. The molecule has 0 saturated carbocycles. The second-order valence-corrected chi connectivity index (χ2v) is 3.21. The minimum atomic E-state index is -0.798. The van der Waals surface area contributed by atoms with Gasteiger partial charge in [0.1, 0.15) is 18.0 Å². The third kappa shape index (κ3) is 3.79. The maximum atomic E-state index is 13.4. The first-order valence-corrected chi connectivity index (χ1v) is 5.23. The summed E-state index contributed by atoms with van der Waals surface area (Å²) < 4.78 is 18.1. The molecule has 0 unspecified atom stereocenters. The zero-order chi connectivity index (χ0) is 14.3. The Morgan fingerprint density at radius 3 is 2.74 bits per heavy atom. The smallest absolute Gasteiger partial charge is 0.341 e. The topological polar surface area (TPSA) is 98.3 Å². The third-order valence-corrected chi connectivity index (χ3v) is 1.97. The second-order valence-electron chi connectivity index (χ2n) is 3.21. The highest BCUT2D eigenvalue weighted by atomic mass is 19.1. The van der Waals surface area contributed by atoms with Crippen molar-refractivity contribution in [3.05, 3.63) is 29.6 Å². The van der Waals surface area contributed by atoms with Crippen LogP contribution >= 0.6 is 0 Å². The third-order valence-electron chi connectivity index (χ3n) is 1.97. The van der Waals surface area contributed by atoms with E-state index in [4.69, 9.17) is 10.5 Å². The van der Waals surface area contributed by atoms with E-state index in [2.05, 4.69) is 15.3 Å². The molecule has 0 aromatic heterocycles. The van der Waals surface area contributed by atoms with Crippen molar-refractivity contribution < 1.29 is 13.9 Å². The van der Waals surface area contributed by atoms with Crippen LogP contribution in [0.25, 0.3) is 0 Å². The van der Waals surface area contributed by atoms with E-state index < -0.39 is 11.8 Å². The first-order valence-electron chi connectivity index (χ1n) is 5.23. The molecule has 1 aromatic carbocycles. The van der Waals surface area contributed by atoms with E-state index in [0.717, 1.165) is 6.07 Å². The Balaban J connectivity index is 2.98. The van der Waals surface area contributed by atoms with Crippen molar-refractivity contribution in [2.24, 2.45) is 5.10 Å². The number of rotatable bonds is 4. The molecule has 0 atom stereocenters. The number of carbonyl (C=O) groups is 1. The van der Waals surface area contributed by atoms with Crippen LogP contribution in [-0.4, -0.2) is 18.3 Å². The van der Waals surface area contributed by atoms with Gasteiger partial charge in [-0.3, -0.25) is 5.43 Å². The van der Waals surface area contributed by atoms with Crippen molar-refractivity contribution in [2.75, 3.05) is 12.0 Å². The summed E-state index contributed by atoms with van der Waals surface area (Å²) in [5.74, 6) is -1.53. The lowest BCUT2D eigenvalue weighted by Crippen LogP contribution is -2.08. The Hall–Kier alpha value is -2.93. The summed E-state index contributed by atoms with van der Waals surface area (Å²) in [6.45, 7) is 1.73. The van der Waals surface area contributed by atoms with Gasteiger partial charge in [0.05, 0.1) is 17.9 Å². The number of carbonyl (C=O) groups excluding carboxylic acids is 1. The largest absolute Gasteiger partial charge is 0.462 e. The predicted molar refractivity (Wildman–Crippen MR) is 64.6 cm³/mol.